The Kier molecular flexibility index (Phi) is 4.17. The maximum atomic E-state index is 12.4. The van der Waals surface area contributed by atoms with Gasteiger partial charge in [-0.2, -0.15) is 0 Å². The standard InChI is InChI=1S/C19H20N2O4/c22-18(14-10-13-3-1-2-4-15(13)21-19(14)23)20-11-12-5-6-16-17(9-12)25-8-7-24-16/h5-6,9-10H,1-4,7-8,11H2,(H,20,22)(H,21,23). The summed E-state index contributed by atoms with van der Waals surface area (Å²) in [5, 5.41) is 2.81. The van der Waals surface area contributed by atoms with Crippen LogP contribution in [0.1, 0.15) is 40.0 Å². The molecule has 0 saturated heterocycles. The number of hydrogen-bond donors (Lipinski definition) is 2. The van der Waals surface area contributed by atoms with Crippen LogP contribution in [0, 0.1) is 0 Å². The van der Waals surface area contributed by atoms with E-state index in [0.29, 0.717) is 31.3 Å². The Morgan fingerprint density at radius 2 is 1.88 bits per heavy atom. The molecule has 0 atom stereocenters. The van der Waals surface area contributed by atoms with Crippen LogP contribution in [0.15, 0.2) is 29.1 Å². The fraction of sp³-hybridized carbons (Fsp3) is 0.368. The first kappa shape index (κ1) is 15.7. The number of pyridine rings is 1. The summed E-state index contributed by atoms with van der Waals surface area (Å²) in [6.07, 6.45) is 3.97. The lowest BCUT2D eigenvalue weighted by atomic mass is 9.95. The molecule has 130 valence electrons. The second-order valence-electron chi connectivity index (χ2n) is 6.38. The van der Waals surface area contributed by atoms with E-state index in [4.69, 9.17) is 9.47 Å². The molecular formula is C19H20N2O4. The van der Waals surface area contributed by atoms with E-state index in [1.807, 2.05) is 18.2 Å². The third-order valence-corrected chi connectivity index (χ3v) is 4.64. The van der Waals surface area contributed by atoms with E-state index in [-0.39, 0.29) is 17.0 Å². The largest absolute Gasteiger partial charge is 0.486 e. The van der Waals surface area contributed by atoms with Gasteiger partial charge in [0.2, 0.25) is 0 Å². The smallest absolute Gasteiger partial charge is 0.261 e. The Morgan fingerprint density at radius 1 is 1.08 bits per heavy atom. The molecule has 0 saturated carbocycles. The van der Waals surface area contributed by atoms with Gasteiger partial charge in [0.1, 0.15) is 18.8 Å². The second kappa shape index (κ2) is 6.63. The van der Waals surface area contributed by atoms with Crippen LogP contribution < -0.4 is 20.3 Å². The highest BCUT2D eigenvalue weighted by molar-refractivity contribution is 5.94. The van der Waals surface area contributed by atoms with Crippen LogP contribution in [0.4, 0.5) is 0 Å². The fourth-order valence-corrected chi connectivity index (χ4v) is 3.32. The highest BCUT2D eigenvalue weighted by atomic mass is 16.6. The van der Waals surface area contributed by atoms with Crippen LogP contribution in [-0.2, 0) is 19.4 Å². The van der Waals surface area contributed by atoms with Crippen molar-refractivity contribution in [1.82, 2.24) is 10.3 Å². The van der Waals surface area contributed by atoms with Crippen molar-refractivity contribution < 1.29 is 14.3 Å². The Hall–Kier alpha value is -2.76. The molecule has 4 rings (SSSR count). The van der Waals surface area contributed by atoms with Crippen molar-refractivity contribution in [2.45, 2.75) is 32.2 Å². The molecule has 1 aromatic heterocycles. The third-order valence-electron chi connectivity index (χ3n) is 4.64. The predicted octanol–water partition coefficient (Wildman–Crippen LogP) is 1.95. The number of aryl methyl sites for hydroxylation is 2. The number of carbonyl (C=O) groups excluding carboxylic acids is 1. The number of carbonyl (C=O) groups is 1. The molecule has 0 bridgehead atoms. The number of benzene rings is 1. The minimum atomic E-state index is -0.357. The first-order valence-corrected chi connectivity index (χ1v) is 8.62. The van der Waals surface area contributed by atoms with E-state index in [1.54, 1.807) is 6.07 Å². The van der Waals surface area contributed by atoms with Gasteiger partial charge in [0.05, 0.1) is 0 Å². The van der Waals surface area contributed by atoms with Gasteiger partial charge in [0.15, 0.2) is 11.5 Å². The van der Waals surface area contributed by atoms with Crippen molar-refractivity contribution in [3.63, 3.8) is 0 Å². The van der Waals surface area contributed by atoms with Gasteiger partial charge in [-0.3, -0.25) is 9.59 Å². The van der Waals surface area contributed by atoms with Gasteiger partial charge in [-0.25, -0.2) is 0 Å². The van der Waals surface area contributed by atoms with Crippen molar-refractivity contribution in [3.8, 4) is 11.5 Å². The number of nitrogens with one attached hydrogen (secondary N) is 2. The molecular weight excluding hydrogens is 320 g/mol. The normalized spacial score (nSPS) is 15.4. The Balaban J connectivity index is 1.48. The summed E-state index contributed by atoms with van der Waals surface area (Å²) in [7, 11) is 0. The summed E-state index contributed by atoms with van der Waals surface area (Å²) >= 11 is 0. The summed E-state index contributed by atoms with van der Waals surface area (Å²) in [6, 6.07) is 7.31. The summed E-state index contributed by atoms with van der Waals surface area (Å²) in [5.74, 6) is 1.04. The fourth-order valence-electron chi connectivity index (χ4n) is 3.32. The molecule has 0 fully saturated rings. The molecule has 1 aromatic carbocycles. The average Bonchev–Trinajstić information content (AvgIpc) is 2.65. The van der Waals surface area contributed by atoms with Crippen molar-refractivity contribution in [3.05, 3.63) is 57.0 Å². The minimum absolute atomic E-state index is 0.179. The van der Waals surface area contributed by atoms with Crippen molar-refractivity contribution in [2.75, 3.05) is 13.2 Å². The summed E-state index contributed by atoms with van der Waals surface area (Å²) < 4.78 is 11.0. The van der Waals surface area contributed by atoms with E-state index in [0.717, 1.165) is 42.5 Å². The van der Waals surface area contributed by atoms with Crippen LogP contribution in [0.2, 0.25) is 0 Å². The first-order valence-electron chi connectivity index (χ1n) is 8.62. The molecule has 6 heteroatoms. The van der Waals surface area contributed by atoms with E-state index in [9.17, 15) is 9.59 Å². The highest BCUT2D eigenvalue weighted by Crippen LogP contribution is 2.30. The van der Waals surface area contributed by atoms with E-state index in [2.05, 4.69) is 10.3 Å². The molecule has 25 heavy (non-hydrogen) atoms. The predicted molar refractivity (Wildman–Crippen MR) is 92.3 cm³/mol. The van der Waals surface area contributed by atoms with Crippen molar-refractivity contribution >= 4 is 5.91 Å². The van der Waals surface area contributed by atoms with Crippen molar-refractivity contribution in [2.24, 2.45) is 0 Å². The zero-order valence-electron chi connectivity index (χ0n) is 13.9. The van der Waals surface area contributed by atoms with Gasteiger partial charge in [-0.05, 0) is 55.0 Å². The number of H-pyrrole nitrogens is 1. The molecule has 2 N–H and O–H groups in total. The lowest BCUT2D eigenvalue weighted by Gasteiger charge is -2.19. The second-order valence-corrected chi connectivity index (χ2v) is 6.38. The summed E-state index contributed by atoms with van der Waals surface area (Å²) in [4.78, 5) is 27.5. The van der Waals surface area contributed by atoms with Crippen LogP contribution in [0.25, 0.3) is 0 Å². The minimum Gasteiger partial charge on any atom is -0.486 e. The van der Waals surface area contributed by atoms with Gasteiger partial charge < -0.3 is 19.8 Å². The Labute approximate surface area is 145 Å². The maximum absolute atomic E-state index is 12.4. The van der Waals surface area contributed by atoms with Crippen LogP contribution in [0.5, 0.6) is 11.5 Å². The number of aromatic amines is 1. The quantitative estimate of drug-likeness (QED) is 0.895. The number of amides is 1. The van der Waals surface area contributed by atoms with Gasteiger partial charge in [0, 0.05) is 12.2 Å². The molecule has 0 radical (unpaired) electrons. The summed E-state index contributed by atoms with van der Waals surface area (Å²) in [5.41, 5.74) is 2.81. The number of aromatic nitrogens is 1. The van der Waals surface area contributed by atoms with Crippen LogP contribution in [-0.4, -0.2) is 24.1 Å². The Morgan fingerprint density at radius 3 is 2.76 bits per heavy atom. The molecule has 1 aliphatic carbocycles. The van der Waals surface area contributed by atoms with E-state index < -0.39 is 0 Å². The highest BCUT2D eigenvalue weighted by Gasteiger charge is 2.17. The maximum Gasteiger partial charge on any atom is 0.261 e. The Bertz CT molecular complexity index is 872. The van der Waals surface area contributed by atoms with Crippen LogP contribution >= 0.6 is 0 Å². The monoisotopic (exact) mass is 340 g/mol. The molecule has 2 aliphatic rings. The lowest BCUT2D eigenvalue weighted by Crippen LogP contribution is -2.30. The SMILES string of the molecule is O=C(NCc1ccc2c(c1)OCCO2)c1cc2c([nH]c1=O)CCCC2. The number of rotatable bonds is 3. The molecule has 0 unspecified atom stereocenters. The molecule has 2 heterocycles. The van der Waals surface area contributed by atoms with Gasteiger partial charge in [-0.1, -0.05) is 6.07 Å². The van der Waals surface area contributed by atoms with Crippen molar-refractivity contribution in [1.29, 1.82) is 0 Å². The number of fused-ring (bicyclic) bond motifs is 2. The molecule has 2 aromatic rings. The van der Waals surface area contributed by atoms with Gasteiger partial charge in [0.25, 0.3) is 11.5 Å². The molecule has 6 nitrogen and oxygen atoms in total. The molecule has 1 aliphatic heterocycles. The molecule has 1 amide bonds. The lowest BCUT2D eigenvalue weighted by molar-refractivity contribution is 0.0949. The number of ether oxygens (including phenoxy) is 2. The van der Waals surface area contributed by atoms with Gasteiger partial charge in [-0.15, -0.1) is 0 Å². The summed E-state index contributed by atoms with van der Waals surface area (Å²) in [6.45, 7) is 1.39. The third kappa shape index (κ3) is 3.24. The first-order chi connectivity index (χ1) is 12.2. The number of hydrogen-bond acceptors (Lipinski definition) is 4. The van der Waals surface area contributed by atoms with E-state index >= 15 is 0 Å². The van der Waals surface area contributed by atoms with Gasteiger partial charge >= 0.3 is 0 Å². The topological polar surface area (TPSA) is 80.4 Å². The molecule has 0 spiro atoms. The zero-order chi connectivity index (χ0) is 17.2. The average molecular weight is 340 g/mol. The zero-order valence-corrected chi connectivity index (χ0v) is 13.9. The van der Waals surface area contributed by atoms with Crippen LogP contribution in [0.3, 0.4) is 0 Å². The van der Waals surface area contributed by atoms with E-state index in [1.165, 1.54) is 0 Å².